The third kappa shape index (κ3) is 4.27. The Morgan fingerprint density at radius 1 is 1.40 bits per heavy atom. The van der Waals surface area contributed by atoms with Crippen LogP contribution < -0.4 is 11.1 Å². The molecule has 1 unspecified atom stereocenters. The average Bonchev–Trinajstić information content (AvgIpc) is 3.09. The van der Waals surface area contributed by atoms with E-state index in [0.29, 0.717) is 23.7 Å². The van der Waals surface area contributed by atoms with Crippen LogP contribution in [0.2, 0.25) is 0 Å². The fourth-order valence-electron chi connectivity index (χ4n) is 2.52. The summed E-state index contributed by atoms with van der Waals surface area (Å²) in [5, 5.41) is 1.80. The van der Waals surface area contributed by atoms with E-state index in [-0.39, 0.29) is 5.57 Å². The number of rotatable bonds is 3. The van der Waals surface area contributed by atoms with Crippen molar-refractivity contribution in [1.82, 2.24) is 5.32 Å². The Morgan fingerprint density at radius 3 is 2.68 bits per heavy atom. The van der Waals surface area contributed by atoms with Crippen molar-refractivity contribution in [3.05, 3.63) is 34.3 Å². The van der Waals surface area contributed by atoms with Gasteiger partial charge in [0.2, 0.25) is 15.5 Å². The Balaban J connectivity index is 1.76. The van der Waals surface area contributed by atoms with Crippen LogP contribution in [0.25, 0.3) is 0 Å². The van der Waals surface area contributed by atoms with Gasteiger partial charge in [-0.3, -0.25) is 4.79 Å². The Hall–Kier alpha value is -0.900. The molecule has 0 saturated carbocycles. The van der Waals surface area contributed by atoms with Crippen LogP contribution in [0.3, 0.4) is 0 Å². The molecule has 25 heavy (non-hydrogen) atoms. The smallest absolute Gasteiger partial charge is 0.408 e. The molecule has 3 N–H and O–H groups in total. The second kappa shape index (κ2) is 7.02. The molecule has 1 fully saturated rings. The summed E-state index contributed by atoms with van der Waals surface area (Å²) < 4.78 is 14.3. The van der Waals surface area contributed by atoms with Crippen LogP contribution in [0.5, 0.6) is 0 Å². The molecule has 2 aliphatic heterocycles. The van der Waals surface area contributed by atoms with Crippen LogP contribution in [0.15, 0.2) is 34.3 Å². The maximum Gasteiger partial charge on any atom is 0.408 e. The van der Waals surface area contributed by atoms with E-state index in [0.717, 1.165) is 0 Å². The van der Waals surface area contributed by atoms with Gasteiger partial charge >= 0.3 is 6.09 Å². The van der Waals surface area contributed by atoms with Crippen molar-refractivity contribution in [2.24, 2.45) is 5.73 Å². The summed E-state index contributed by atoms with van der Waals surface area (Å²) in [6.07, 6.45) is 4.31. The molecule has 11 heteroatoms. The van der Waals surface area contributed by atoms with Crippen LogP contribution in [0.4, 0.5) is 4.79 Å². The van der Waals surface area contributed by atoms with Gasteiger partial charge in [0.25, 0.3) is 0 Å². The number of allylic oxidation sites excluding steroid dienone is 2. The predicted octanol–water partition coefficient (Wildman–Crippen LogP) is 2.13. The third-order valence-corrected chi connectivity index (χ3v) is 5.01. The summed E-state index contributed by atoms with van der Waals surface area (Å²) in [6, 6.07) is 0. The molecule has 1 atom stereocenters. The lowest BCUT2D eigenvalue weighted by atomic mass is 9.99. The molecular formula is C14H13Cl3N2O5S. The highest BCUT2D eigenvalue weighted by Crippen LogP contribution is 2.46. The van der Waals surface area contributed by atoms with Crippen molar-refractivity contribution < 1.29 is 23.8 Å². The first-order chi connectivity index (χ1) is 11.7. The van der Waals surface area contributed by atoms with E-state index in [2.05, 4.69) is 5.32 Å². The van der Waals surface area contributed by atoms with E-state index in [1.54, 1.807) is 18.2 Å². The Morgan fingerprint density at radius 2 is 2.08 bits per heavy atom. The minimum Gasteiger partial charge on any atom is -0.445 e. The maximum atomic E-state index is 11.9. The normalized spacial score (nSPS) is 24.3. The number of alkyl halides is 3. The lowest BCUT2D eigenvalue weighted by molar-refractivity contribution is -0.114. The molecule has 2 amide bonds. The van der Waals surface area contributed by atoms with Crippen molar-refractivity contribution in [3.8, 4) is 0 Å². The van der Waals surface area contributed by atoms with Gasteiger partial charge in [0.15, 0.2) is 0 Å². The number of nitrogens with one attached hydrogen (secondary N) is 1. The van der Waals surface area contributed by atoms with Crippen molar-refractivity contribution in [3.63, 3.8) is 0 Å². The lowest BCUT2D eigenvalue weighted by Crippen LogP contribution is -2.38. The number of nitrogens with two attached hydrogens (primary N) is 1. The molecule has 7 nitrogen and oxygen atoms in total. The molecule has 3 rings (SSSR count). The molecule has 1 saturated heterocycles. The molecule has 2 heterocycles. The molecule has 1 aliphatic carbocycles. The predicted molar refractivity (Wildman–Crippen MR) is 94.2 cm³/mol. The first-order valence-electron chi connectivity index (χ1n) is 7.10. The zero-order valence-corrected chi connectivity index (χ0v) is 15.7. The van der Waals surface area contributed by atoms with E-state index in [4.69, 9.17) is 54.7 Å². The molecule has 3 aliphatic rings. The van der Waals surface area contributed by atoms with Crippen LogP contribution in [-0.2, 0) is 19.0 Å². The second-order valence-corrected chi connectivity index (χ2v) is 8.95. The summed E-state index contributed by atoms with van der Waals surface area (Å²) in [5.41, 5.74) is 6.32. The zero-order chi connectivity index (χ0) is 18.2. The van der Waals surface area contributed by atoms with Gasteiger partial charge in [0.1, 0.15) is 12.0 Å². The Labute approximate surface area is 162 Å². The van der Waals surface area contributed by atoms with Crippen molar-refractivity contribution in [2.75, 3.05) is 19.8 Å². The van der Waals surface area contributed by atoms with E-state index < -0.39 is 33.6 Å². The molecule has 0 aromatic carbocycles. The first-order valence-corrected chi connectivity index (χ1v) is 9.11. The molecule has 0 aromatic heterocycles. The van der Waals surface area contributed by atoms with Crippen LogP contribution in [0.1, 0.15) is 0 Å². The van der Waals surface area contributed by atoms with Gasteiger partial charge in [-0.25, -0.2) is 4.79 Å². The van der Waals surface area contributed by atoms with Gasteiger partial charge in [0.05, 0.1) is 18.8 Å². The average molecular weight is 428 g/mol. The number of primary amides is 1. The SMILES string of the molecule is NC(=O)C1=C2C=CC3(C=C2SC1NC(=O)OCC(Cl)(Cl)Cl)OCCO3. The van der Waals surface area contributed by atoms with Crippen LogP contribution in [0, 0.1) is 0 Å². The monoisotopic (exact) mass is 426 g/mol. The number of thioether (sulfide) groups is 1. The number of fused-ring (bicyclic) bond motifs is 1. The second-order valence-electron chi connectivity index (χ2n) is 5.29. The lowest BCUT2D eigenvalue weighted by Gasteiger charge is -2.23. The number of ether oxygens (including phenoxy) is 3. The first kappa shape index (κ1) is 18.9. The Kier molecular flexibility index (Phi) is 5.30. The molecule has 0 aromatic rings. The number of carbonyl (C=O) groups is 2. The highest BCUT2D eigenvalue weighted by Gasteiger charge is 2.41. The topological polar surface area (TPSA) is 99.9 Å². The summed E-state index contributed by atoms with van der Waals surface area (Å²) in [7, 11) is 0. The highest BCUT2D eigenvalue weighted by atomic mass is 35.6. The van der Waals surface area contributed by atoms with Crippen molar-refractivity contribution in [1.29, 1.82) is 0 Å². The number of halogens is 3. The van der Waals surface area contributed by atoms with E-state index in [1.807, 2.05) is 0 Å². The van der Waals surface area contributed by atoms with Gasteiger partial charge in [-0.05, 0) is 17.7 Å². The highest BCUT2D eigenvalue weighted by molar-refractivity contribution is 8.04. The maximum absolute atomic E-state index is 11.9. The van der Waals surface area contributed by atoms with Gasteiger partial charge in [-0.15, -0.1) is 0 Å². The van der Waals surface area contributed by atoms with E-state index in [9.17, 15) is 9.59 Å². The molecule has 0 radical (unpaired) electrons. The van der Waals surface area contributed by atoms with Gasteiger partial charge in [0, 0.05) is 4.91 Å². The standard InChI is InChI=1S/C14H13Cl3N2O5S/c15-14(16,17)6-22-12(21)19-11-9(10(18)20)7-1-2-13(5-8(7)25-11)23-3-4-24-13/h1-2,5,11H,3-4,6H2,(H2,18,20)(H,19,21). The molecule has 136 valence electrons. The van der Waals surface area contributed by atoms with Crippen molar-refractivity contribution >= 4 is 58.6 Å². The summed E-state index contributed by atoms with van der Waals surface area (Å²) >= 11 is 17.8. The number of hydrogen-bond donors (Lipinski definition) is 2. The fraction of sp³-hybridized carbons (Fsp3) is 0.429. The fourth-order valence-corrected chi connectivity index (χ4v) is 3.99. The van der Waals surface area contributed by atoms with Gasteiger partial charge < -0.3 is 25.3 Å². The summed E-state index contributed by atoms with van der Waals surface area (Å²) in [5.74, 6) is -1.61. The van der Waals surface area contributed by atoms with Gasteiger partial charge in [-0.2, -0.15) is 0 Å². The van der Waals surface area contributed by atoms with Crippen molar-refractivity contribution in [2.45, 2.75) is 15.0 Å². The third-order valence-electron chi connectivity index (χ3n) is 3.50. The number of alkyl carbamates (subject to hydrolysis) is 1. The van der Waals surface area contributed by atoms with E-state index >= 15 is 0 Å². The molecular weight excluding hydrogens is 415 g/mol. The largest absolute Gasteiger partial charge is 0.445 e. The van der Waals surface area contributed by atoms with Crippen LogP contribution in [-0.4, -0.2) is 46.8 Å². The minimum absolute atomic E-state index is 0.242. The van der Waals surface area contributed by atoms with Gasteiger partial charge in [-0.1, -0.05) is 52.6 Å². The summed E-state index contributed by atoms with van der Waals surface area (Å²) in [6.45, 7) is 0.494. The molecule has 0 bridgehead atoms. The van der Waals surface area contributed by atoms with Crippen LogP contribution >= 0.6 is 46.6 Å². The quantitative estimate of drug-likeness (QED) is 0.669. The number of amides is 2. The van der Waals surface area contributed by atoms with E-state index in [1.165, 1.54) is 11.8 Å². The molecule has 1 spiro atoms. The number of carbonyl (C=O) groups excluding carboxylic acids is 2. The Bertz CT molecular complexity index is 695. The summed E-state index contributed by atoms with van der Waals surface area (Å²) in [4.78, 5) is 24.4. The number of hydrogen-bond acceptors (Lipinski definition) is 6. The minimum atomic E-state index is -1.73. The zero-order valence-electron chi connectivity index (χ0n) is 12.6.